The molecule has 190 valence electrons. The number of fused-ring (bicyclic) bond motifs is 2. The Labute approximate surface area is 234 Å². The highest BCUT2D eigenvalue weighted by Gasteiger charge is 2.19. The first kappa shape index (κ1) is 25.6. The number of hydrogen-bond acceptors (Lipinski definition) is 7. The van der Waals surface area contributed by atoms with Crippen LogP contribution in [0.3, 0.4) is 0 Å². The maximum atomic E-state index is 13.1. The van der Waals surface area contributed by atoms with Crippen LogP contribution in [0, 0.1) is 6.92 Å². The van der Waals surface area contributed by atoms with Crippen LogP contribution in [0.25, 0.3) is 10.9 Å². The number of benzene rings is 3. The van der Waals surface area contributed by atoms with Crippen LogP contribution in [0.1, 0.15) is 23.9 Å². The molecule has 11 heteroatoms. The lowest BCUT2D eigenvalue weighted by atomic mass is 10.2. The molecule has 0 unspecified atom stereocenters. The minimum absolute atomic E-state index is 0.203. The van der Waals surface area contributed by atoms with Crippen LogP contribution in [-0.2, 0) is 6.61 Å². The van der Waals surface area contributed by atoms with Crippen LogP contribution in [0.2, 0.25) is 5.02 Å². The van der Waals surface area contributed by atoms with E-state index in [2.05, 4.69) is 41.9 Å². The summed E-state index contributed by atoms with van der Waals surface area (Å²) in [6.45, 7) is 4.43. The van der Waals surface area contributed by atoms with Gasteiger partial charge in [0.25, 0.3) is 5.56 Å². The number of ether oxygens (including phenoxy) is 4. The maximum Gasteiger partial charge on any atom is 0.282 e. The molecule has 0 saturated carbocycles. The molecule has 1 aliphatic heterocycles. The van der Waals surface area contributed by atoms with Gasteiger partial charge in [-0.3, -0.25) is 4.79 Å². The van der Waals surface area contributed by atoms with E-state index in [4.69, 9.17) is 30.5 Å². The lowest BCUT2D eigenvalue weighted by molar-refractivity contribution is 0.174. The molecule has 4 aromatic rings. The molecule has 0 fully saturated rings. The number of aryl methyl sites for hydroxylation is 1. The quantitative estimate of drug-likeness (QED) is 0.214. The van der Waals surface area contributed by atoms with Crippen molar-refractivity contribution in [1.82, 2.24) is 9.66 Å². The predicted octanol–water partition coefficient (Wildman–Crippen LogP) is 6.47. The zero-order valence-electron chi connectivity index (χ0n) is 19.8. The Kier molecular flexibility index (Phi) is 7.41. The third-order valence-electron chi connectivity index (χ3n) is 5.56. The zero-order valence-corrected chi connectivity index (χ0v) is 23.7. The molecule has 0 bridgehead atoms. The third-order valence-corrected chi connectivity index (χ3v) is 7.49. The van der Waals surface area contributed by atoms with Crippen molar-refractivity contribution in [1.29, 1.82) is 0 Å². The molecule has 8 nitrogen and oxygen atoms in total. The summed E-state index contributed by atoms with van der Waals surface area (Å²) >= 11 is 13.6. The van der Waals surface area contributed by atoms with E-state index >= 15 is 0 Å². The number of rotatable bonds is 7. The Balaban J connectivity index is 1.47. The summed E-state index contributed by atoms with van der Waals surface area (Å²) in [7, 11) is 0. The van der Waals surface area contributed by atoms with Gasteiger partial charge in [0.05, 0.1) is 23.7 Å². The SMILES string of the molecule is CCOc1cc(C=Nn2c(C)nc3ccc(Br)cc3c2=O)c(Br)c(Cl)c1OCc1ccc2c(c1)OCO2. The fourth-order valence-electron chi connectivity index (χ4n) is 3.80. The first-order valence-corrected chi connectivity index (χ1v) is 13.2. The Morgan fingerprint density at radius 1 is 1.14 bits per heavy atom. The molecule has 0 aliphatic carbocycles. The van der Waals surface area contributed by atoms with E-state index in [1.807, 2.05) is 31.2 Å². The van der Waals surface area contributed by atoms with Crippen molar-refractivity contribution in [3.8, 4) is 23.0 Å². The minimum atomic E-state index is -0.281. The average Bonchev–Trinajstić information content (AvgIpc) is 3.35. The van der Waals surface area contributed by atoms with E-state index in [-0.39, 0.29) is 19.0 Å². The third kappa shape index (κ3) is 5.18. The van der Waals surface area contributed by atoms with Crippen LogP contribution < -0.4 is 24.5 Å². The molecule has 0 atom stereocenters. The van der Waals surface area contributed by atoms with Gasteiger partial charge in [0.1, 0.15) is 17.5 Å². The van der Waals surface area contributed by atoms with Gasteiger partial charge in [-0.2, -0.15) is 9.78 Å². The van der Waals surface area contributed by atoms with Gasteiger partial charge in [0.15, 0.2) is 23.0 Å². The molecule has 0 spiro atoms. The molecule has 0 N–H and O–H groups in total. The zero-order chi connectivity index (χ0) is 26.1. The average molecular weight is 650 g/mol. The summed E-state index contributed by atoms with van der Waals surface area (Å²) < 4.78 is 25.3. The van der Waals surface area contributed by atoms with E-state index in [9.17, 15) is 4.79 Å². The monoisotopic (exact) mass is 647 g/mol. The fraction of sp³-hybridized carbons (Fsp3) is 0.192. The largest absolute Gasteiger partial charge is 0.490 e. The summed E-state index contributed by atoms with van der Waals surface area (Å²) in [4.78, 5) is 17.6. The Morgan fingerprint density at radius 2 is 1.95 bits per heavy atom. The van der Waals surface area contributed by atoms with E-state index in [1.165, 1.54) is 10.9 Å². The summed E-state index contributed by atoms with van der Waals surface area (Å²) in [6.07, 6.45) is 1.53. The van der Waals surface area contributed by atoms with E-state index < -0.39 is 0 Å². The van der Waals surface area contributed by atoms with Crippen LogP contribution >= 0.6 is 43.5 Å². The normalized spacial score (nSPS) is 12.5. The van der Waals surface area contributed by atoms with Crippen molar-refractivity contribution in [3.05, 3.63) is 83.7 Å². The number of nitrogens with zero attached hydrogens (tertiary/aromatic N) is 3. The fourth-order valence-corrected chi connectivity index (χ4v) is 4.81. The van der Waals surface area contributed by atoms with Crippen molar-refractivity contribution >= 4 is 60.6 Å². The summed E-state index contributed by atoms with van der Waals surface area (Å²) in [5, 5.41) is 5.18. The Morgan fingerprint density at radius 3 is 2.76 bits per heavy atom. The van der Waals surface area contributed by atoms with Crippen LogP contribution in [-0.4, -0.2) is 29.3 Å². The Bertz CT molecular complexity index is 1610. The van der Waals surface area contributed by atoms with Crippen molar-refractivity contribution in [2.24, 2.45) is 5.10 Å². The molecule has 1 aromatic heterocycles. The second kappa shape index (κ2) is 10.7. The highest BCUT2D eigenvalue weighted by Crippen LogP contribution is 2.43. The first-order chi connectivity index (χ1) is 17.9. The van der Waals surface area contributed by atoms with E-state index in [0.29, 0.717) is 61.4 Å². The Hall–Kier alpha value is -3.08. The second-order valence-electron chi connectivity index (χ2n) is 8.01. The van der Waals surface area contributed by atoms with Gasteiger partial charge in [0.2, 0.25) is 6.79 Å². The number of aromatic nitrogens is 2. The summed E-state index contributed by atoms with van der Waals surface area (Å²) in [5.74, 6) is 2.66. The molecule has 3 aromatic carbocycles. The number of hydrogen-bond donors (Lipinski definition) is 0. The van der Waals surface area contributed by atoms with Gasteiger partial charge >= 0.3 is 0 Å². The molecule has 0 radical (unpaired) electrons. The first-order valence-electron chi connectivity index (χ1n) is 11.2. The molecule has 1 aliphatic rings. The van der Waals surface area contributed by atoms with Crippen molar-refractivity contribution < 1.29 is 18.9 Å². The number of halogens is 3. The van der Waals surface area contributed by atoms with E-state index in [0.717, 1.165) is 10.0 Å². The lowest BCUT2D eigenvalue weighted by Crippen LogP contribution is -2.20. The van der Waals surface area contributed by atoms with Crippen LogP contribution in [0.4, 0.5) is 0 Å². The molecular weight excluding hydrogens is 630 g/mol. The lowest BCUT2D eigenvalue weighted by Gasteiger charge is -2.16. The van der Waals surface area contributed by atoms with Gasteiger partial charge in [-0.15, -0.1) is 0 Å². The topological polar surface area (TPSA) is 84.2 Å². The standard InChI is InChI=1S/C26H20Br2ClN3O5/c1-3-34-22-9-16(11-30-32-14(2)31-19-6-5-17(27)10-18(19)26(32)33)23(28)24(29)25(22)35-12-15-4-7-20-21(8-15)37-13-36-20/h4-11H,3,12-13H2,1-2H3. The molecule has 0 amide bonds. The van der Waals surface area contributed by atoms with Gasteiger partial charge in [0, 0.05) is 14.5 Å². The summed E-state index contributed by atoms with van der Waals surface area (Å²) in [5.41, 5.74) is 1.80. The van der Waals surface area contributed by atoms with E-state index in [1.54, 1.807) is 25.1 Å². The molecule has 5 rings (SSSR count). The second-order valence-corrected chi connectivity index (χ2v) is 10.1. The molecule has 37 heavy (non-hydrogen) atoms. The van der Waals surface area contributed by atoms with Gasteiger partial charge < -0.3 is 18.9 Å². The van der Waals surface area contributed by atoms with Crippen LogP contribution in [0.15, 0.2) is 61.3 Å². The van der Waals surface area contributed by atoms with Gasteiger partial charge in [-0.05, 0) is 71.7 Å². The molecular formula is C26H20Br2ClN3O5. The molecule has 0 saturated heterocycles. The van der Waals surface area contributed by atoms with Crippen LogP contribution in [0.5, 0.6) is 23.0 Å². The highest BCUT2D eigenvalue weighted by molar-refractivity contribution is 9.10. The van der Waals surface area contributed by atoms with Crippen molar-refractivity contribution in [3.63, 3.8) is 0 Å². The predicted molar refractivity (Wildman–Crippen MR) is 149 cm³/mol. The molecule has 2 heterocycles. The van der Waals surface area contributed by atoms with Crippen molar-refractivity contribution in [2.75, 3.05) is 13.4 Å². The minimum Gasteiger partial charge on any atom is -0.490 e. The van der Waals surface area contributed by atoms with Crippen molar-refractivity contribution in [2.45, 2.75) is 20.5 Å². The van der Waals surface area contributed by atoms with Gasteiger partial charge in [-0.25, -0.2) is 4.98 Å². The summed E-state index contributed by atoms with van der Waals surface area (Å²) in [6, 6.07) is 12.7. The smallest absolute Gasteiger partial charge is 0.282 e. The van der Waals surface area contributed by atoms with Gasteiger partial charge in [-0.1, -0.05) is 33.6 Å². The maximum absolute atomic E-state index is 13.1. The highest BCUT2D eigenvalue weighted by atomic mass is 79.9.